The van der Waals surface area contributed by atoms with E-state index < -0.39 is 6.79 Å². The van der Waals surface area contributed by atoms with Gasteiger partial charge in [-0.25, -0.2) is 0 Å². The maximum Gasteiger partial charge on any atom is 1.00 e. The van der Waals surface area contributed by atoms with Gasteiger partial charge in [0.2, 0.25) is 0 Å². The fourth-order valence-electron chi connectivity index (χ4n) is 0. The second kappa shape index (κ2) is 15.6. The molecule has 0 aromatic carbocycles. The largest absolute Gasteiger partial charge is 1.00 e. The quantitative estimate of drug-likeness (QED) is 0.260. The minimum Gasteiger partial charge on any atom is -0.834 e. The Morgan fingerprint density at radius 2 is 1.83 bits per heavy atom. The van der Waals surface area contributed by atoms with Crippen molar-refractivity contribution in [3.63, 3.8) is 0 Å². The Morgan fingerprint density at radius 3 is 1.83 bits per heavy atom. The standard InChI is InChI=1S/C2H5O2.K.Na/c1-4-2-3;;/h2H2,1H3;;/q-1;+1;. The predicted molar refractivity (Wildman–Crippen MR) is 17.6 cm³/mol. The Bertz CT molecular complexity index is 13.5. The molecule has 0 aliphatic heterocycles. The van der Waals surface area contributed by atoms with Gasteiger partial charge in [-0.3, -0.25) is 0 Å². The number of methoxy groups -OCH3 is 1. The van der Waals surface area contributed by atoms with Gasteiger partial charge in [-0.05, 0) is 6.79 Å². The van der Waals surface area contributed by atoms with Crippen LogP contribution in [0.3, 0.4) is 0 Å². The topological polar surface area (TPSA) is 32.3 Å². The van der Waals surface area contributed by atoms with Gasteiger partial charge in [-0.15, -0.1) is 0 Å². The third-order valence-corrected chi connectivity index (χ3v) is 0.118. The molecule has 2 nitrogen and oxygen atoms in total. The molecule has 0 saturated carbocycles. The Morgan fingerprint density at radius 1 is 1.67 bits per heavy atom. The fraction of sp³-hybridized carbons (Fsp3) is 1.00. The molecule has 6 heavy (non-hydrogen) atoms. The van der Waals surface area contributed by atoms with Crippen molar-refractivity contribution in [2.75, 3.05) is 13.9 Å². The molecule has 0 rings (SSSR count). The second-order valence-corrected chi connectivity index (χ2v) is 0.407. The van der Waals surface area contributed by atoms with Crippen LogP contribution in [0.2, 0.25) is 0 Å². The van der Waals surface area contributed by atoms with E-state index >= 15 is 0 Å². The maximum atomic E-state index is 9.08. The van der Waals surface area contributed by atoms with E-state index in [1.165, 1.54) is 7.11 Å². The van der Waals surface area contributed by atoms with Gasteiger partial charge < -0.3 is 9.84 Å². The van der Waals surface area contributed by atoms with Gasteiger partial charge in [-0.1, -0.05) is 0 Å². The summed E-state index contributed by atoms with van der Waals surface area (Å²) in [6.07, 6.45) is 0. The first kappa shape index (κ1) is 15.8. The van der Waals surface area contributed by atoms with Crippen LogP contribution in [-0.4, -0.2) is 43.5 Å². The first-order chi connectivity index (χ1) is 1.91. The SMILES string of the molecule is COC[O-].[K+].[Na]. The molecule has 1 radical (unpaired) electrons. The number of rotatable bonds is 1. The molecule has 0 aliphatic carbocycles. The molecule has 0 N–H and O–H groups in total. The van der Waals surface area contributed by atoms with E-state index in [2.05, 4.69) is 4.74 Å². The molecule has 0 spiro atoms. The zero-order valence-corrected chi connectivity index (χ0v) is 9.65. The summed E-state index contributed by atoms with van der Waals surface area (Å²) in [6, 6.07) is 0. The Labute approximate surface area is 102 Å². The summed E-state index contributed by atoms with van der Waals surface area (Å²) in [5.74, 6) is 0. The van der Waals surface area contributed by atoms with Crippen molar-refractivity contribution >= 4 is 29.6 Å². The van der Waals surface area contributed by atoms with Gasteiger partial charge in [0.15, 0.2) is 0 Å². The summed E-state index contributed by atoms with van der Waals surface area (Å²) in [6.45, 7) is -0.431. The summed E-state index contributed by atoms with van der Waals surface area (Å²) in [7, 11) is 1.37. The van der Waals surface area contributed by atoms with Crippen LogP contribution in [0.4, 0.5) is 0 Å². The average molecular weight is 123 g/mol. The average Bonchev–Trinajstić information content (AvgIpc) is 1.37. The molecule has 0 amide bonds. The molecule has 0 unspecified atom stereocenters. The molecule has 0 aromatic rings. The molecule has 0 fully saturated rings. The summed E-state index contributed by atoms with van der Waals surface area (Å²) in [5.41, 5.74) is 0. The van der Waals surface area contributed by atoms with Crippen LogP contribution in [0.15, 0.2) is 0 Å². The molecule has 0 aliphatic rings. The van der Waals surface area contributed by atoms with Gasteiger partial charge in [0.25, 0.3) is 0 Å². The number of ether oxygens (including phenoxy) is 1. The van der Waals surface area contributed by atoms with Crippen LogP contribution in [-0.2, 0) is 4.74 Å². The third kappa shape index (κ3) is 16.0. The van der Waals surface area contributed by atoms with Gasteiger partial charge in [0.05, 0.1) is 0 Å². The summed E-state index contributed by atoms with van der Waals surface area (Å²) in [5, 5.41) is 9.08. The van der Waals surface area contributed by atoms with Crippen LogP contribution in [0, 0.1) is 0 Å². The van der Waals surface area contributed by atoms with Crippen molar-refractivity contribution in [2.45, 2.75) is 0 Å². The predicted octanol–water partition coefficient (Wildman–Crippen LogP) is -4.43. The normalized spacial score (nSPS) is 5.00. The first-order valence-electron chi connectivity index (χ1n) is 0.986. The van der Waals surface area contributed by atoms with Gasteiger partial charge in [-0.2, -0.15) is 0 Å². The van der Waals surface area contributed by atoms with Crippen molar-refractivity contribution in [1.82, 2.24) is 0 Å². The van der Waals surface area contributed by atoms with Gasteiger partial charge in [0, 0.05) is 36.7 Å². The van der Waals surface area contributed by atoms with Gasteiger partial charge in [0.1, 0.15) is 0 Å². The van der Waals surface area contributed by atoms with E-state index in [1.807, 2.05) is 0 Å². The number of hydrogen-bond donors (Lipinski definition) is 0. The maximum absolute atomic E-state index is 9.08. The molecular weight excluding hydrogens is 118 g/mol. The second-order valence-electron chi connectivity index (χ2n) is 0.407. The van der Waals surface area contributed by atoms with Crippen molar-refractivity contribution in [2.24, 2.45) is 0 Å². The summed E-state index contributed by atoms with van der Waals surface area (Å²) in [4.78, 5) is 0. The molecule has 0 heterocycles. The molecule has 0 aromatic heterocycles. The zero-order valence-electron chi connectivity index (χ0n) is 4.52. The van der Waals surface area contributed by atoms with Crippen LogP contribution < -0.4 is 56.5 Å². The van der Waals surface area contributed by atoms with Crippen LogP contribution in [0.25, 0.3) is 0 Å². The molecular formula is C2H5KNaO2. The van der Waals surface area contributed by atoms with Crippen molar-refractivity contribution in [3.05, 3.63) is 0 Å². The summed E-state index contributed by atoms with van der Waals surface area (Å²) < 4.78 is 3.99. The zero-order chi connectivity index (χ0) is 3.41. The molecule has 0 bridgehead atoms. The first-order valence-corrected chi connectivity index (χ1v) is 0.986. The van der Waals surface area contributed by atoms with E-state index in [9.17, 15) is 0 Å². The Hall–Kier alpha value is 2.56. The van der Waals surface area contributed by atoms with E-state index in [0.717, 1.165) is 0 Å². The molecule has 27 valence electrons. The Kier molecular flexibility index (Phi) is 41.3. The van der Waals surface area contributed by atoms with E-state index in [1.54, 1.807) is 0 Å². The monoisotopic (exact) mass is 123 g/mol. The van der Waals surface area contributed by atoms with Crippen molar-refractivity contribution < 1.29 is 61.2 Å². The minimum absolute atomic E-state index is 0. The smallest absolute Gasteiger partial charge is 0.834 e. The third-order valence-electron chi connectivity index (χ3n) is 0.118. The molecule has 0 atom stereocenters. The molecule has 4 heteroatoms. The van der Waals surface area contributed by atoms with Crippen molar-refractivity contribution in [3.8, 4) is 0 Å². The fourth-order valence-corrected chi connectivity index (χ4v) is 0. The summed E-state index contributed by atoms with van der Waals surface area (Å²) >= 11 is 0. The van der Waals surface area contributed by atoms with E-state index in [-0.39, 0.29) is 80.9 Å². The van der Waals surface area contributed by atoms with E-state index in [4.69, 9.17) is 5.11 Å². The van der Waals surface area contributed by atoms with Gasteiger partial charge >= 0.3 is 51.4 Å². The van der Waals surface area contributed by atoms with Crippen LogP contribution >= 0.6 is 0 Å². The minimum atomic E-state index is -0.431. The Balaban J connectivity index is -0.0000000450. The van der Waals surface area contributed by atoms with Crippen LogP contribution in [0.1, 0.15) is 0 Å². The molecule has 0 saturated heterocycles. The van der Waals surface area contributed by atoms with Crippen molar-refractivity contribution in [1.29, 1.82) is 0 Å². The number of hydrogen-bond acceptors (Lipinski definition) is 2. The van der Waals surface area contributed by atoms with Crippen LogP contribution in [0.5, 0.6) is 0 Å². The van der Waals surface area contributed by atoms with E-state index in [0.29, 0.717) is 0 Å².